The lowest BCUT2D eigenvalue weighted by molar-refractivity contribution is -0.130. The van der Waals surface area contributed by atoms with E-state index in [1.165, 1.54) is 18.2 Å². The molecule has 1 aliphatic heterocycles. The van der Waals surface area contributed by atoms with E-state index in [0.29, 0.717) is 36.2 Å². The summed E-state index contributed by atoms with van der Waals surface area (Å²) in [5, 5.41) is 7.11. The third-order valence-electron chi connectivity index (χ3n) is 7.45. The van der Waals surface area contributed by atoms with Gasteiger partial charge in [0.25, 0.3) is 5.56 Å². The zero-order chi connectivity index (χ0) is 27.0. The van der Waals surface area contributed by atoms with Crippen molar-refractivity contribution < 1.29 is 18.3 Å². The first-order valence-corrected chi connectivity index (χ1v) is 12.9. The fourth-order valence-corrected chi connectivity index (χ4v) is 5.47. The molecule has 38 heavy (non-hydrogen) atoms. The summed E-state index contributed by atoms with van der Waals surface area (Å²) < 4.78 is 35.6. The number of carbonyl (C=O) groups is 1. The van der Waals surface area contributed by atoms with Gasteiger partial charge < -0.3 is 19.9 Å². The smallest absolute Gasteiger partial charge is 0.288 e. The third-order valence-corrected chi connectivity index (χ3v) is 7.45. The van der Waals surface area contributed by atoms with E-state index in [2.05, 4.69) is 10.2 Å². The van der Waals surface area contributed by atoms with Gasteiger partial charge in [-0.25, -0.2) is 13.9 Å². The average molecular weight is 524 g/mol. The van der Waals surface area contributed by atoms with Crippen LogP contribution in [-0.4, -0.2) is 38.7 Å². The van der Waals surface area contributed by atoms with Crippen LogP contribution in [0.2, 0.25) is 0 Å². The molecular weight excluding hydrogens is 492 g/mol. The lowest BCUT2D eigenvalue weighted by atomic mass is 9.84. The maximum absolute atomic E-state index is 14.0. The second-order valence-corrected chi connectivity index (χ2v) is 9.99. The lowest BCUT2D eigenvalue weighted by Crippen LogP contribution is -2.29. The van der Waals surface area contributed by atoms with Gasteiger partial charge in [-0.1, -0.05) is 26.0 Å². The number of H-pyrrole nitrogens is 1. The molecule has 2 unspecified atom stereocenters. The van der Waals surface area contributed by atoms with Gasteiger partial charge in [-0.15, -0.1) is 0 Å². The number of allylic oxidation sites excluding steroid dienone is 3. The first kappa shape index (κ1) is 25.7. The standard InChI is InChI=1S/C28H31F2N5O3/c1-3-5-24(36)34-11-10-17(13-34)35-14-20(25-26(35)28(37)33-32-27(25)31)19-9-8-18(12-16(19)2)38-15-21-22(29)6-4-7-23(21)30/h4,6-9,12,14,16-17,19H,3,5,10-11,13,15H2,1-2H3,(H2,31,32)(H,33,37)/t16?,17-,19?/m1/s1. The molecule has 1 amide bonds. The van der Waals surface area contributed by atoms with E-state index in [-0.39, 0.29) is 47.3 Å². The number of amides is 1. The molecule has 2 aliphatic rings. The van der Waals surface area contributed by atoms with E-state index in [9.17, 15) is 18.4 Å². The van der Waals surface area contributed by atoms with Crippen LogP contribution in [0.1, 0.15) is 56.2 Å². The molecule has 1 fully saturated rings. The third kappa shape index (κ3) is 4.70. The largest absolute Gasteiger partial charge is 0.489 e. The van der Waals surface area contributed by atoms with Gasteiger partial charge in [-0.05, 0) is 48.6 Å². The molecular formula is C28H31F2N5O3. The van der Waals surface area contributed by atoms with Crippen LogP contribution in [0.4, 0.5) is 14.6 Å². The van der Waals surface area contributed by atoms with Crippen LogP contribution >= 0.6 is 0 Å². The maximum Gasteiger partial charge on any atom is 0.288 e. The van der Waals surface area contributed by atoms with E-state index >= 15 is 0 Å². The Morgan fingerprint density at radius 3 is 2.76 bits per heavy atom. The number of ether oxygens (including phenoxy) is 1. The topological polar surface area (TPSA) is 106 Å². The summed E-state index contributed by atoms with van der Waals surface area (Å²) in [4.78, 5) is 27.3. The molecule has 8 nitrogen and oxygen atoms in total. The van der Waals surface area contributed by atoms with Gasteiger partial charge in [0, 0.05) is 31.6 Å². The molecule has 0 saturated carbocycles. The highest BCUT2D eigenvalue weighted by Crippen LogP contribution is 2.40. The summed E-state index contributed by atoms with van der Waals surface area (Å²) in [5.74, 6) is -0.653. The van der Waals surface area contributed by atoms with E-state index in [1.54, 1.807) is 6.08 Å². The van der Waals surface area contributed by atoms with Gasteiger partial charge in [0.2, 0.25) is 5.91 Å². The number of nitrogen functional groups attached to an aromatic ring is 1. The minimum absolute atomic E-state index is 0.0528. The van der Waals surface area contributed by atoms with Crippen molar-refractivity contribution in [3.05, 3.63) is 81.5 Å². The zero-order valence-corrected chi connectivity index (χ0v) is 21.4. The Morgan fingerprint density at radius 2 is 2.05 bits per heavy atom. The number of hydrogen-bond donors (Lipinski definition) is 2. The second-order valence-electron chi connectivity index (χ2n) is 9.99. The molecule has 1 aromatic carbocycles. The molecule has 1 saturated heterocycles. The summed E-state index contributed by atoms with van der Waals surface area (Å²) in [6.45, 7) is 4.93. The lowest BCUT2D eigenvalue weighted by Gasteiger charge is -2.23. The van der Waals surface area contributed by atoms with Crippen molar-refractivity contribution in [3.8, 4) is 0 Å². The van der Waals surface area contributed by atoms with Gasteiger partial charge in [-0.3, -0.25) is 9.59 Å². The monoisotopic (exact) mass is 523 g/mol. The first-order valence-electron chi connectivity index (χ1n) is 12.9. The number of nitrogens with zero attached hydrogens (tertiary/aromatic N) is 3. The number of likely N-dealkylation sites (tertiary alicyclic amines) is 1. The molecule has 200 valence electrons. The van der Waals surface area contributed by atoms with Crippen LogP contribution in [0.5, 0.6) is 0 Å². The Bertz CT molecular complexity index is 1470. The van der Waals surface area contributed by atoms with Crippen LogP contribution in [0.15, 0.2) is 53.2 Å². The van der Waals surface area contributed by atoms with Crippen molar-refractivity contribution in [3.63, 3.8) is 0 Å². The number of aromatic amines is 1. The zero-order valence-electron chi connectivity index (χ0n) is 21.4. The fraction of sp³-hybridized carbons (Fsp3) is 0.393. The maximum atomic E-state index is 14.0. The molecule has 3 heterocycles. The summed E-state index contributed by atoms with van der Waals surface area (Å²) in [5.41, 5.74) is 7.12. The van der Waals surface area contributed by atoms with Gasteiger partial charge in [0.1, 0.15) is 29.5 Å². The molecule has 1 aliphatic carbocycles. The van der Waals surface area contributed by atoms with Crippen molar-refractivity contribution in [1.29, 1.82) is 0 Å². The highest BCUT2D eigenvalue weighted by Gasteiger charge is 2.32. The van der Waals surface area contributed by atoms with Crippen molar-refractivity contribution in [2.45, 2.75) is 51.7 Å². The Hall–Kier alpha value is -3.95. The summed E-state index contributed by atoms with van der Waals surface area (Å²) in [6, 6.07) is 3.66. The number of nitrogens with one attached hydrogen (secondary N) is 1. The summed E-state index contributed by atoms with van der Waals surface area (Å²) in [6.07, 6.45) is 9.60. The van der Waals surface area contributed by atoms with Crippen LogP contribution in [-0.2, 0) is 16.1 Å². The average Bonchev–Trinajstić information content (AvgIpc) is 3.53. The van der Waals surface area contributed by atoms with E-state index in [1.807, 2.05) is 41.7 Å². The predicted octanol–water partition coefficient (Wildman–Crippen LogP) is 4.55. The number of aromatic nitrogens is 3. The number of fused-ring (bicyclic) bond motifs is 1. The highest BCUT2D eigenvalue weighted by molar-refractivity contribution is 5.92. The Balaban J connectivity index is 1.42. The SMILES string of the molecule is CCCC(=O)N1CC[C@@H](n2cc(C3C=CC(OCc4c(F)cccc4F)=CC3C)c3c(N)n[nH]c(=O)c32)C1. The van der Waals surface area contributed by atoms with Crippen LogP contribution in [0, 0.1) is 17.6 Å². The van der Waals surface area contributed by atoms with Crippen molar-refractivity contribution in [2.24, 2.45) is 5.92 Å². The number of halogens is 2. The number of carbonyl (C=O) groups excluding carboxylic acids is 1. The molecule has 3 N–H and O–H groups in total. The Kier molecular flexibility index (Phi) is 7.05. The van der Waals surface area contributed by atoms with Gasteiger partial charge in [-0.2, -0.15) is 5.10 Å². The van der Waals surface area contributed by atoms with Crippen molar-refractivity contribution in [2.75, 3.05) is 18.8 Å². The number of benzene rings is 1. The Labute approximate surface area is 218 Å². The van der Waals surface area contributed by atoms with Crippen molar-refractivity contribution in [1.82, 2.24) is 19.7 Å². The van der Waals surface area contributed by atoms with E-state index < -0.39 is 11.6 Å². The fourth-order valence-electron chi connectivity index (χ4n) is 5.47. The quantitative estimate of drug-likeness (QED) is 0.473. The highest BCUT2D eigenvalue weighted by atomic mass is 19.1. The Morgan fingerprint density at radius 1 is 1.29 bits per heavy atom. The molecule has 3 atom stereocenters. The minimum Gasteiger partial charge on any atom is -0.489 e. The molecule has 0 radical (unpaired) electrons. The van der Waals surface area contributed by atoms with Gasteiger partial charge in [0.05, 0.1) is 17.0 Å². The summed E-state index contributed by atoms with van der Waals surface area (Å²) in [7, 11) is 0. The molecule has 10 heteroatoms. The number of nitrogens with two attached hydrogens (primary N) is 1. The van der Waals surface area contributed by atoms with E-state index in [0.717, 1.165) is 18.4 Å². The summed E-state index contributed by atoms with van der Waals surface area (Å²) >= 11 is 0. The van der Waals surface area contributed by atoms with E-state index in [4.69, 9.17) is 10.5 Å². The predicted molar refractivity (Wildman–Crippen MR) is 140 cm³/mol. The van der Waals surface area contributed by atoms with Crippen LogP contribution < -0.4 is 11.3 Å². The van der Waals surface area contributed by atoms with Gasteiger partial charge in [0.15, 0.2) is 5.82 Å². The number of anilines is 1. The normalized spacial score (nSPS) is 21.2. The molecule has 2 aromatic heterocycles. The molecule has 3 aromatic rings. The molecule has 0 bridgehead atoms. The van der Waals surface area contributed by atoms with Crippen molar-refractivity contribution >= 4 is 22.6 Å². The second kappa shape index (κ2) is 10.4. The minimum atomic E-state index is -0.654. The molecule has 5 rings (SSSR count). The van der Waals surface area contributed by atoms with Crippen LogP contribution in [0.25, 0.3) is 10.9 Å². The number of rotatable bonds is 7. The number of hydrogen-bond acceptors (Lipinski definition) is 5. The van der Waals surface area contributed by atoms with Gasteiger partial charge >= 0.3 is 0 Å². The first-order chi connectivity index (χ1) is 18.3. The molecule has 0 spiro atoms. The van der Waals surface area contributed by atoms with Crippen LogP contribution in [0.3, 0.4) is 0 Å².